The van der Waals surface area contributed by atoms with Gasteiger partial charge in [0.05, 0.1) is 6.61 Å². The second-order valence-corrected chi connectivity index (χ2v) is 15.0. The summed E-state index contributed by atoms with van der Waals surface area (Å²) in [5.74, 6) is 0. The van der Waals surface area contributed by atoms with Crippen LogP contribution in [0.4, 0.5) is 0 Å². The Morgan fingerprint density at radius 3 is 0.725 bits per heavy atom. The molecule has 0 aliphatic rings. The lowest BCUT2D eigenvalue weighted by molar-refractivity contribution is 0.193. The zero-order valence-electron chi connectivity index (χ0n) is 25.8. The highest BCUT2D eigenvalue weighted by atomic mass is 31.2. The topological polar surface area (TPSA) is 124 Å². The van der Waals surface area contributed by atoms with E-state index in [1.165, 1.54) is 148 Å². The van der Waals surface area contributed by atoms with E-state index in [9.17, 15) is 9.13 Å². The van der Waals surface area contributed by atoms with E-state index in [0.717, 1.165) is 32.1 Å². The van der Waals surface area contributed by atoms with Gasteiger partial charge < -0.3 is 19.6 Å². The van der Waals surface area contributed by atoms with Gasteiger partial charge in [-0.15, -0.1) is 0 Å². The monoisotopic (exact) mass is 612 g/mol. The van der Waals surface area contributed by atoms with E-state index in [4.69, 9.17) is 19.6 Å². The van der Waals surface area contributed by atoms with Crippen molar-refractivity contribution >= 4 is 15.4 Å². The van der Waals surface area contributed by atoms with Crippen LogP contribution in [0.1, 0.15) is 186 Å². The van der Waals surface area contributed by atoms with Gasteiger partial charge in [-0.1, -0.05) is 173 Å². The van der Waals surface area contributed by atoms with Gasteiger partial charge in [-0.3, -0.25) is 9.09 Å². The summed E-state index contributed by atoms with van der Waals surface area (Å²) in [7, 11) is -8.06. The van der Waals surface area contributed by atoms with Crippen LogP contribution in [0.15, 0.2) is 0 Å². The fourth-order valence-electron chi connectivity index (χ4n) is 5.38. The first-order valence-corrected chi connectivity index (χ1v) is 20.3. The predicted octanol–water partition coefficient (Wildman–Crippen LogP) is 10.6. The van der Waals surface area contributed by atoms with E-state index < -0.39 is 15.4 Å². The molecule has 0 aromatic carbocycles. The molecule has 0 bridgehead atoms. The van der Waals surface area contributed by atoms with Gasteiger partial charge in [-0.05, 0) is 12.8 Å². The van der Waals surface area contributed by atoms with Crippen molar-refractivity contribution in [2.45, 2.75) is 186 Å². The molecule has 0 aromatic heterocycles. The third-order valence-corrected chi connectivity index (χ3v) is 9.27. The summed E-state index contributed by atoms with van der Waals surface area (Å²) >= 11 is 0. The maximum absolute atomic E-state index is 10.8. The SMILES string of the molecule is O=P(O)(O)CCCCCCCCCCCCCCCCCCCCCCCCCCCCCCCOP(=O)(O)O. The van der Waals surface area contributed by atoms with Gasteiger partial charge in [0.25, 0.3) is 0 Å². The Labute approximate surface area is 247 Å². The molecule has 9 heteroatoms. The van der Waals surface area contributed by atoms with Gasteiger partial charge in [0.2, 0.25) is 0 Å². The minimum Gasteiger partial charge on any atom is -0.324 e. The zero-order chi connectivity index (χ0) is 29.6. The van der Waals surface area contributed by atoms with Gasteiger partial charge in [0.15, 0.2) is 0 Å². The highest BCUT2D eigenvalue weighted by molar-refractivity contribution is 7.51. The second-order valence-electron chi connectivity index (χ2n) is 12.0. The van der Waals surface area contributed by atoms with Crippen molar-refractivity contribution in [2.75, 3.05) is 12.8 Å². The zero-order valence-corrected chi connectivity index (χ0v) is 27.6. The van der Waals surface area contributed by atoms with Crippen LogP contribution < -0.4 is 0 Å². The minimum absolute atomic E-state index is 0.0486. The minimum atomic E-state index is -4.28. The predicted molar refractivity (Wildman–Crippen MR) is 169 cm³/mol. The lowest BCUT2D eigenvalue weighted by Crippen LogP contribution is -1.92. The maximum atomic E-state index is 10.8. The van der Waals surface area contributed by atoms with Crippen LogP contribution in [0.2, 0.25) is 0 Å². The lowest BCUT2D eigenvalue weighted by Gasteiger charge is -2.05. The van der Waals surface area contributed by atoms with Gasteiger partial charge in [-0.2, -0.15) is 0 Å². The summed E-state index contributed by atoms with van der Waals surface area (Å²) in [4.78, 5) is 34.9. The van der Waals surface area contributed by atoms with E-state index in [1.54, 1.807) is 0 Å². The standard InChI is InChI=1S/C31H66O7P2/c32-39(33,34)31-29-27-25-23-21-19-17-15-13-11-9-7-5-3-1-2-4-6-8-10-12-14-16-18-20-22-24-26-28-30-38-40(35,36)37/h1-31H2,(H2,32,33,34)(H2,35,36,37). The summed E-state index contributed by atoms with van der Waals surface area (Å²) in [6.45, 7) is 0.158. The van der Waals surface area contributed by atoms with Crippen molar-refractivity contribution in [1.82, 2.24) is 0 Å². The Bertz CT molecular complexity index is 554. The van der Waals surface area contributed by atoms with Gasteiger partial charge in [0, 0.05) is 6.16 Å². The number of hydrogen-bond acceptors (Lipinski definition) is 3. The van der Waals surface area contributed by atoms with Crippen molar-refractivity contribution in [3.8, 4) is 0 Å². The molecule has 0 aromatic rings. The molecule has 7 nitrogen and oxygen atoms in total. The average molecular weight is 613 g/mol. The van der Waals surface area contributed by atoms with Crippen LogP contribution in [-0.4, -0.2) is 32.3 Å². The molecule has 0 radical (unpaired) electrons. The third-order valence-electron chi connectivity index (χ3n) is 7.85. The van der Waals surface area contributed by atoms with Crippen LogP contribution in [0.3, 0.4) is 0 Å². The molecular formula is C31H66O7P2. The van der Waals surface area contributed by atoms with Crippen LogP contribution in [0, 0.1) is 0 Å². The summed E-state index contributed by atoms with van der Waals surface area (Å²) < 4.78 is 25.8. The molecular weight excluding hydrogens is 546 g/mol. The normalized spacial score (nSPS) is 12.4. The maximum Gasteiger partial charge on any atom is 0.469 e. The first kappa shape index (κ1) is 40.3. The molecule has 0 fully saturated rings. The van der Waals surface area contributed by atoms with Crippen molar-refractivity contribution in [2.24, 2.45) is 0 Å². The van der Waals surface area contributed by atoms with Crippen LogP contribution in [0.5, 0.6) is 0 Å². The second kappa shape index (κ2) is 29.3. The van der Waals surface area contributed by atoms with E-state index in [0.29, 0.717) is 6.42 Å². The third kappa shape index (κ3) is 38.3. The summed E-state index contributed by atoms with van der Waals surface area (Å²) in [5.41, 5.74) is 0. The van der Waals surface area contributed by atoms with E-state index in [1.807, 2.05) is 0 Å². The molecule has 0 heterocycles. The largest absolute Gasteiger partial charge is 0.469 e. The van der Waals surface area contributed by atoms with Gasteiger partial charge in [0.1, 0.15) is 0 Å². The van der Waals surface area contributed by atoms with Gasteiger partial charge in [-0.25, -0.2) is 4.57 Å². The molecule has 242 valence electrons. The fraction of sp³-hybridized carbons (Fsp3) is 1.00. The van der Waals surface area contributed by atoms with Crippen LogP contribution in [0.25, 0.3) is 0 Å². The Kier molecular flexibility index (Phi) is 29.5. The van der Waals surface area contributed by atoms with Crippen molar-refractivity contribution in [1.29, 1.82) is 0 Å². The molecule has 0 spiro atoms. The van der Waals surface area contributed by atoms with E-state index in [2.05, 4.69) is 4.52 Å². The number of rotatable bonds is 33. The Balaban J connectivity index is 3.08. The Morgan fingerprint density at radius 1 is 0.325 bits per heavy atom. The fourth-order valence-corrected chi connectivity index (χ4v) is 6.38. The highest BCUT2D eigenvalue weighted by Gasteiger charge is 2.12. The van der Waals surface area contributed by atoms with Crippen molar-refractivity contribution < 1.29 is 33.2 Å². The first-order valence-electron chi connectivity index (χ1n) is 17.0. The first-order chi connectivity index (χ1) is 19.2. The number of phosphoric acid groups is 1. The molecule has 0 saturated carbocycles. The molecule has 0 aliphatic carbocycles. The Hall–Kier alpha value is 0.260. The lowest BCUT2D eigenvalue weighted by atomic mass is 10.0. The smallest absolute Gasteiger partial charge is 0.324 e. The van der Waals surface area contributed by atoms with Crippen molar-refractivity contribution in [3.05, 3.63) is 0 Å². The van der Waals surface area contributed by atoms with E-state index in [-0.39, 0.29) is 12.8 Å². The molecule has 40 heavy (non-hydrogen) atoms. The molecule has 0 atom stereocenters. The summed E-state index contributed by atoms with van der Waals surface area (Å²) in [6.07, 6.45) is 36.8. The average Bonchev–Trinajstić information content (AvgIpc) is 2.88. The van der Waals surface area contributed by atoms with Crippen molar-refractivity contribution in [3.63, 3.8) is 0 Å². The molecule has 0 unspecified atom stereocenters. The number of unbranched alkanes of at least 4 members (excludes halogenated alkanes) is 28. The molecule has 0 rings (SSSR count). The number of hydrogen-bond donors (Lipinski definition) is 4. The summed E-state index contributed by atoms with van der Waals surface area (Å²) in [5, 5.41) is 0. The van der Waals surface area contributed by atoms with Crippen LogP contribution >= 0.6 is 15.4 Å². The molecule has 0 saturated heterocycles. The van der Waals surface area contributed by atoms with E-state index >= 15 is 0 Å². The quantitative estimate of drug-likeness (QED) is 0.0429. The highest BCUT2D eigenvalue weighted by Crippen LogP contribution is 2.36. The summed E-state index contributed by atoms with van der Waals surface area (Å²) in [6, 6.07) is 0. The molecule has 0 aliphatic heterocycles. The Morgan fingerprint density at radius 2 is 0.525 bits per heavy atom. The number of phosphoric ester groups is 1. The van der Waals surface area contributed by atoms with Crippen LogP contribution in [-0.2, 0) is 13.7 Å². The van der Waals surface area contributed by atoms with Gasteiger partial charge >= 0.3 is 15.4 Å². The molecule has 0 amide bonds. The molecule has 4 N–H and O–H groups in total.